The van der Waals surface area contributed by atoms with Crippen molar-refractivity contribution in [2.75, 3.05) is 19.1 Å². The molecule has 0 aliphatic rings. The highest BCUT2D eigenvalue weighted by molar-refractivity contribution is 7.98. The Balaban J connectivity index is 2.20. The van der Waals surface area contributed by atoms with Gasteiger partial charge in [-0.15, -0.1) is 5.10 Å². The molecule has 0 spiro atoms. The summed E-state index contributed by atoms with van der Waals surface area (Å²) in [4.78, 5) is 8.81. The van der Waals surface area contributed by atoms with Crippen LogP contribution in [-0.2, 0) is 0 Å². The number of benzene rings is 1. The summed E-state index contributed by atoms with van der Waals surface area (Å²) in [6.07, 6.45) is 1.92. The second kappa shape index (κ2) is 5.25. The number of rotatable bonds is 3. The van der Waals surface area contributed by atoms with Gasteiger partial charge in [0, 0.05) is 5.56 Å². The van der Waals surface area contributed by atoms with Crippen LogP contribution in [0.3, 0.4) is 0 Å². The second-order valence-electron chi connectivity index (χ2n) is 4.50. The van der Waals surface area contributed by atoms with Gasteiger partial charge in [-0.25, -0.2) is 4.98 Å². The van der Waals surface area contributed by atoms with Crippen molar-refractivity contribution >= 4 is 23.4 Å². The lowest BCUT2D eigenvalue weighted by molar-refractivity contribution is 0.415. The van der Waals surface area contributed by atoms with E-state index >= 15 is 0 Å². The first-order chi connectivity index (χ1) is 10.1. The molecule has 7 heteroatoms. The Kier molecular flexibility index (Phi) is 3.42. The Bertz CT molecular complexity index is 797. The lowest BCUT2D eigenvalue weighted by Gasteiger charge is -2.10. The molecule has 3 aromatic rings. The van der Waals surface area contributed by atoms with Crippen LogP contribution in [0.1, 0.15) is 5.69 Å². The van der Waals surface area contributed by atoms with E-state index in [-0.39, 0.29) is 0 Å². The van der Waals surface area contributed by atoms with Crippen LogP contribution in [0.25, 0.3) is 16.9 Å². The molecule has 2 aromatic heterocycles. The van der Waals surface area contributed by atoms with Crippen molar-refractivity contribution < 1.29 is 4.74 Å². The fourth-order valence-corrected chi connectivity index (χ4v) is 2.55. The van der Waals surface area contributed by atoms with Crippen molar-refractivity contribution in [1.82, 2.24) is 19.6 Å². The summed E-state index contributed by atoms with van der Waals surface area (Å²) < 4.78 is 6.76. The van der Waals surface area contributed by atoms with Gasteiger partial charge in [0.05, 0.1) is 12.8 Å². The number of ether oxygens (including phenoxy) is 1. The number of nitrogens with two attached hydrogens (primary N) is 1. The normalized spacial score (nSPS) is 11.0. The zero-order valence-corrected chi connectivity index (χ0v) is 12.8. The van der Waals surface area contributed by atoms with Gasteiger partial charge in [-0.05, 0) is 30.9 Å². The molecule has 2 heterocycles. The minimum absolute atomic E-state index is 0.520. The van der Waals surface area contributed by atoms with E-state index in [0.29, 0.717) is 16.8 Å². The number of fused-ring (bicyclic) bond motifs is 1. The van der Waals surface area contributed by atoms with Crippen LogP contribution in [0.15, 0.2) is 29.4 Å². The molecule has 1 aromatic carbocycles. The predicted molar refractivity (Wildman–Crippen MR) is 83.7 cm³/mol. The van der Waals surface area contributed by atoms with Gasteiger partial charge in [0.25, 0.3) is 5.78 Å². The number of methoxy groups -OCH3 is 1. The predicted octanol–water partition coefficient (Wildman–Crippen LogP) is 2.41. The van der Waals surface area contributed by atoms with Gasteiger partial charge < -0.3 is 10.5 Å². The van der Waals surface area contributed by atoms with E-state index in [0.717, 1.165) is 22.6 Å². The van der Waals surface area contributed by atoms with E-state index in [1.54, 1.807) is 11.6 Å². The van der Waals surface area contributed by atoms with E-state index in [2.05, 4.69) is 15.1 Å². The van der Waals surface area contributed by atoms with Crippen LogP contribution < -0.4 is 10.5 Å². The van der Waals surface area contributed by atoms with Gasteiger partial charge in [0.1, 0.15) is 11.6 Å². The molecule has 0 saturated carbocycles. The minimum atomic E-state index is 0.520. The number of hydrogen-bond donors (Lipinski definition) is 1. The molecule has 108 valence electrons. The standard InChI is InChI=1S/C14H15N5OS/c1-8-11(9-4-6-10(20-2)7-5-9)12(15)19-13(16-8)17-14(18-19)21-3/h4-7H,15H2,1-3H3. The highest BCUT2D eigenvalue weighted by atomic mass is 32.2. The third-order valence-electron chi connectivity index (χ3n) is 3.25. The molecule has 3 rings (SSSR count). The summed E-state index contributed by atoms with van der Waals surface area (Å²) in [5.74, 6) is 1.86. The first-order valence-corrected chi connectivity index (χ1v) is 7.57. The SMILES string of the molecule is COc1ccc(-c2c(C)nc3nc(SC)nn3c2N)cc1. The smallest absolute Gasteiger partial charge is 0.255 e. The number of anilines is 1. The van der Waals surface area contributed by atoms with Crippen LogP contribution in [0.2, 0.25) is 0 Å². The molecule has 0 aliphatic carbocycles. The molecule has 0 saturated heterocycles. The van der Waals surface area contributed by atoms with Gasteiger partial charge in [0.15, 0.2) is 0 Å². The van der Waals surface area contributed by atoms with E-state index in [9.17, 15) is 0 Å². The third kappa shape index (κ3) is 2.29. The van der Waals surface area contributed by atoms with Crippen LogP contribution in [-0.4, -0.2) is 32.9 Å². The van der Waals surface area contributed by atoms with Crippen molar-refractivity contribution in [2.45, 2.75) is 12.1 Å². The summed E-state index contributed by atoms with van der Waals surface area (Å²) in [5, 5.41) is 5.00. The molecule has 0 atom stereocenters. The van der Waals surface area contributed by atoms with Crippen molar-refractivity contribution in [1.29, 1.82) is 0 Å². The molecule has 0 fully saturated rings. The summed E-state index contributed by atoms with van der Waals surface area (Å²) >= 11 is 1.46. The van der Waals surface area contributed by atoms with E-state index in [4.69, 9.17) is 10.5 Å². The quantitative estimate of drug-likeness (QED) is 0.748. The topological polar surface area (TPSA) is 78.3 Å². The summed E-state index contributed by atoms with van der Waals surface area (Å²) in [6.45, 7) is 1.92. The fourth-order valence-electron chi connectivity index (χ4n) is 2.22. The molecule has 0 bridgehead atoms. The Morgan fingerprint density at radius 1 is 1.19 bits per heavy atom. The van der Waals surface area contributed by atoms with E-state index < -0.39 is 0 Å². The maximum absolute atomic E-state index is 6.27. The molecule has 0 aliphatic heterocycles. The molecule has 0 radical (unpaired) electrons. The summed E-state index contributed by atoms with van der Waals surface area (Å²) in [5.41, 5.74) is 8.93. The monoisotopic (exact) mass is 301 g/mol. The van der Waals surface area contributed by atoms with Gasteiger partial charge >= 0.3 is 0 Å². The first kappa shape index (κ1) is 13.7. The van der Waals surface area contributed by atoms with Gasteiger partial charge in [-0.1, -0.05) is 23.9 Å². The highest BCUT2D eigenvalue weighted by Gasteiger charge is 2.15. The van der Waals surface area contributed by atoms with E-state index in [1.165, 1.54) is 11.8 Å². The Morgan fingerprint density at radius 2 is 1.90 bits per heavy atom. The van der Waals surface area contributed by atoms with Crippen LogP contribution >= 0.6 is 11.8 Å². The summed E-state index contributed by atoms with van der Waals surface area (Å²) in [7, 11) is 1.64. The third-order valence-corrected chi connectivity index (χ3v) is 3.78. The van der Waals surface area contributed by atoms with Gasteiger partial charge in [0.2, 0.25) is 5.16 Å². The van der Waals surface area contributed by atoms with Crippen LogP contribution in [0.5, 0.6) is 5.75 Å². The number of nitrogen functional groups attached to an aromatic ring is 1. The zero-order valence-electron chi connectivity index (χ0n) is 12.0. The Morgan fingerprint density at radius 3 is 2.52 bits per heavy atom. The Labute approximate surface area is 126 Å². The van der Waals surface area contributed by atoms with Gasteiger partial charge in [-0.3, -0.25) is 0 Å². The minimum Gasteiger partial charge on any atom is -0.497 e. The maximum Gasteiger partial charge on any atom is 0.255 e. The van der Waals surface area contributed by atoms with Crippen LogP contribution in [0.4, 0.5) is 5.82 Å². The second-order valence-corrected chi connectivity index (χ2v) is 5.27. The first-order valence-electron chi connectivity index (χ1n) is 6.35. The zero-order chi connectivity index (χ0) is 15.0. The molecular formula is C14H15N5OS. The van der Waals surface area contributed by atoms with Crippen LogP contribution in [0, 0.1) is 6.92 Å². The van der Waals surface area contributed by atoms with Crippen molar-refractivity contribution in [2.24, 2.45) is 0 Å². The summed E-state index contributed by atoms with van der Waals surface area (Å²) in [6, 6.07) is 7.70. The van der Waals surface area contributed by atoms with Crippen molar-refractivity contribution in [3.05, 3.63) is 30.0 Å². The van der Waals surface area contributed by atoms with Crippen molar-refractivity contribution in [3.8, 4) is 16.9 Å². The lowest BCUT2D eigenvalue weighted by atomic mass is 10.0. The Hall–Kier alpha value is -2.28. The van der Waals surface area contributed by atoms with E-state index in [1.807, 2.05) is 37.4 Å². The number of aryl methyl sites for hydroxylation is 1. The molecule has 2 N–H and O–H groups in total. The molecule has 6 nitrogen and oxygen atoms in total. The molecule has 0 unspecified atom stereocenters. The largest absolute Gasteiger partial charge is 0.497 e. The number of aromatic nitrogens is 4. The average molecular weight is 301 g/mol. The maximum atomic E-state index is 6.27. The lowest BCUT2D eigenvalue weighted by Crippen LogP contribution is -2.05. The average Bonchev–Trinajstić information content (AvgIpc) is 2.91. The molecular weight excluding hydrogens is 286 g/mol. The number of thioether (sulfide) groups is 1. The highest BCUT2D eigenvalue weighted by Crippen LogP contribution is 2.30. The fraction of sp³-hybridized carbons (Fsp3) is 0.214. The van der Waals surface area contributed by atoms with Gasteiger partial charge in [-0.2, -0.15) is 9.50 Å². The number of hydrogen-bond acceptors (Lipinski definition) is 6. The van der Waals surface area contributed by atoms with Crippen molar-refractivity contribution in [3.63, 3.8) is 0 Å². The molecule has 0 amide bonds. The number of nitrogens with zero attached hydrogens (tertiary/aromatic N) is 4. The molecule has 21 heavy (non-hydrogen) atoms.